The molecule has 0 aliphatic carbocycles. The first kappa shape index (κ1) is 23.1. The average molecular weight is 491 g/mol. The Labute approximate surface area is 197 Å². The SMILES string of the molecule is CCOC(=O)CSc1nc2sc(C(=O)OCC)c(C)c2c(=O)n1Cc1ccc2c(c1)OCO2. The first-order valence-corrected chi connectivity index (χ1v) is 12.1. The van der Waals surface area contributed by atoms with Crippen LogP contribution in [0.2, 0.25) is 0 Å². The number of thioether (sulfide) groups is 1. The zero-order chi connectivity index (χ0) is 23.5. The van der Waals surface area contributed by atoms with E-state index in [1.54, 1.807) is 26.8 Å². The molecule has 3 heterocycles. The zero-order valence-electron chi connectivity index (χ0n) is 18.3. The molecular weight excluding hydrogens is 468 g/mol. The van der Waals surface area contributed by atoms with Gasteiger partial charge in [-0.05, 0) is 44.0 Å². The van der Waals surface area contributed by atoms with Gasteiger partial charge in [0, 0.05) is 0 Å². The van der Waals surface area contributed by atoms with Gasteiger partial charge in [0.2, 0.25) is 6.79 Å². The molecule has 174 valence electrons. The molecule has 3 aromatic rings. The van der Waals surface area contributed by atoms with Gasteiger partial charge >= 0.3 is 11.9 Å². The van der Waals surface area contributed by atoms with Crippen LogP contribution in [0.3, 0.4) is 0 Å². The molecular formula is C22H22N2O7S2. The number of carbonyl (C=O) groups is 2. The molecule has 0 spiro atoms. The lowest BCUT2D eigenvalue weighted by molar-refractivity contribution is -0.139. The summed E-state index contributed by atoms with van der Waals surface area (Å²) in [5, 5.41) is 0.721. The van der Waals surface area contributed by atoms with Gasteiger partial charge < -0.3 is 18.9 Å². The number of thiophene rings is 1. The highest BCUT2D eigenvalue weighted by Gasteiger charge is 2.23. The second-order valence-corrected chi connectivity index (χ2v) is 8.97. The maximum Gasteiger partial charge on any atom is 0.348 e. The van der Waals surface area contributed by atoms with Crippen LogP contribution in [0.25, 0.3) is 10.2 Å². The second kappa shape index (κ2) is 9.84. The van der Waals surface area contributed by atoms with E-state index in [0.717, 1.165) is 28.7 Å². The van der Waals surface area contributed by atoms with E-state index < -0.39 is 11.9 Å². The number of nitrogens with zero attached hydrogens (tertiary/aromatic N) is 2. The number of ether oxygens (including phenoxy) is 4. The number of esters is 2. The van der Waals surface area contributed by atoms with E-state index in [1.165, 1.54) is 4.57 Å². The molecule has 11 heteroatoms. The van der Waals surface area contributed by atoms with Crippen LogP contribution < -0.4 is 15.0 Å². The van der Waals surface area contributed by atoms with Gasteiger partial charge in [-0.1, -0.05) is 17.8 Å². The van der Waals surface area contributed by atoms with Crippen LogP contribution in [0.15, 0.2) is 28.2 Å². The highest BCUT2D eigenvalue weighted by atomic mass is 32.2. The van der Waals surface area contributed by atoms with Crippen molar-refractivity contribution in [3.8, 4) is 11.5 Å². The van der Waals surface area contributed by atoms with E-state index in [4.69, 9.17) is 18.9 Å². The molecule has 4 rings (SSSR count). The lowest BCUT2D eigenvalue weighted by Crippen LogP contribution is -2.24. The molecule has 0 saturated carbocycles. The Balaban J connectivity index is 1.78. The largest absolute Gasteiger partial charge is 0.465 e. The highest BCUT2D eigenvalue weighted by Crippen LogP contribution is 2.34. The Kier molecular flexibility index (Phi) is 6.89. The van der Waals surface area contributed by atoms with Crippen molar-refractivity contribution in [1.82, 2.24) is 9.55 Å². The van der Waals surface area contributed by atoms with Gasteiger partial charge in [-0.25, -0.2) is 9.78 Å². The summed E-state index contributed by atoms with van der Waals surface area (Å²) in [6.07, 6.45) is 0. The fraction of sp³-hybridized carbons (Fsp3) is 0.364. The molecule has 0 amide bonds. The number of carbonyl (C=O) groups excluding carboxylic acids is 2. The number of aryl methyl sites for hydroxylation is 1. The van der Waals surface area contributed by atoms with Crippen molar-refractivity contribution in [3.05, 3.63) is 44.6 Å². The summed E-state index contributed by atoms with van der Waals surface area (Å²) in [7, 11) is 0. The standard InChI is InChI=1S/C22H22N2O7S2/c1-4-28-16(25)10-32-22-23-19-17(12(3)18(33-19)21(27)29-5-2)20(26)24(22)9-13-6-7-14-15(8-13)31-11-30-14/h6-8H,4-5,9-11H2,1-3H3. The van der Waals surface area contributed by atoms with E-state index in [0.29, 0.717) is 37.3 Å². The summed E-state index contributed by atoms with van der Waals surface area (Å²) in [4.78, 5) is 43.3. The summed E-state index contributed by atoms with van der Waals surface area (Å²) < 4.78 is 22.4. The average Bonchev–Trinajstić information content (AvgIpc) is 3.38. The van der Waals surface area contributed by atoms with Crippen LogP contribution in [-0.4, -0.2) is 47.2 Å². The molecule has 1 aromatic carbocycles. The number of rotatable bonds is 8. The first-order valence-electron chi connectivity index (χ1n) is 10.3. The predicted molar refractivity (Wildman–Crippen MR) is 124 cm³/mol. The van der Waals surface area contributed by atoms with E-state index in [1.807, 2.05) is 12.1 Å². The minimum Gasteiger partial charge on any atom is -0.465 e. The third-order valence-corrected chi connectivity index (χ3v) is 6.99. The molecule has 33 heavy (non-hydrogen) atoms. The molecule has 1 aliphatic rings. The molecule has 9 nitrogen and oxygen atoms in total. The highest BCUT2D eigenvalue weighted by molar-refractivity contribution is 7.99. The Bertz CT molecular complexity index is 1280. The van der Waals surface area contributed by atoms with Gasteiger partial charge in [-0.15, -0.1) is 11.3 Å². The number of hydrogen-bond acceptors (Lipinski definition) is 10. The molecule has 0 N–H and O–H groups in total. The molecule has 2 aromatic heterocycles. The maximum absolute atomic E-state index is 13.6. The van der Waals surface area contributed by atoms with Crippen LogP contribution in [0.4, 0.5) is 0 Å². The quantitative estimate of drug-likeness (QED) is 0.267. The third-order valence-electron chi connectivity index (χ3n) is 4.88. The van der Waals surface area contributed by atoms with Crippen molar-refractivity contribution in [2.75, 3.05) is 25.8 Å². The smallest absolute Gasteiger partial charge is 0.348 e. The summed E-state index contributed by atoms with van der Waals surface area (Å²) in [6.45, 7) is 6.02. The van der Waals surface area contributed by atoms with Gasteiger partial charge in [-0.3, -0.25) is 14.2 Å². The summed E-state index contributed by atoms with van der Waals surface area (Å²) >= 11 is 2.23. The van der Waals surface area contributed by atoms with Crippen molar-refractivity contribution < 1.29 is 28.5 Å². The Morgan fingerprint density at radius 2 is 1.94 bits per heavy atom. The van der Waals surface area contributed by atoms with Gasteiger partial charge in [0.15, 0.2) is 16.7 Å². The van der Waals surface area contributed by atoms with Crippen LogP contribution in [-0.2, 0) is 20.8 Å². The molecule has 0 saturated heterocycles. The minimum atomic E-state index is -0.486. The van der Waals surface area contributed by atoms with Crippen LogP contribution >= 0.6 is 23.1 Å². The van der Waals surface area contributed by atoms with Crippen molar-refractivity contribution in [3.63, 3.8) is 0 Å². The minimum absolute atomic E-state index is 0.00200. The maximum atomic E-state index is 13.6. The zero-order valence-corrected chi connectivity index (χ0v) is 20.0. The molecule has 0 fully saturated rings. The third kappa shape index (κ3) is 4.69. The summed E-state index contributed by atoms with van der Waals surface area (Å²) in [5.74, 6) is 0.361. The first-order chi connectivity index (χ1) is 15.9. The van der Waals surface area contributed by atoms with E-state index in [2.05, 4.69) is 4.98 Å². The monoisotopic (exact) mass is 490 g/mol. The number of hydrogen-bond donors (Lipinski definition) is 0. The van der Waals surface area contributed by atoms with Gasteiger partial charge in [0.1, 0.15) is 9.71 Å². The van der Waals surface area contributed by atoms with Gasteiger partial charge in [0.05, 0.1) is 30.9 Å². The van der Waals surface area contributed by atoms with Crippen molar-refractivity contribution in [2.24, 2.45) is 0 Å². The lowest BCUT2D eigenvalue weighted by atomic mass is 10.2. The van der Waals surface area contributed by atoms with E-state index >= 15 is 0 Å². The van der Waals surface area contributed by atoms with Crippen molar-refractivity contribution >= 4 is 45.3 Å². The van der Waals surface area contributed by atoms with Gasteiger partial charge in [0.25, 0.3) is 5.56 Å². The van der Waals surface area contributed by atoms with Crippen LogP contribution in [0, 0.1) is 6.92 Å². The van der Waals surface area contributed by atoms with E-state index in [-0.39, 0.29) is 37.9 Å². The fourth-order valence-electron chi connectivity index (χ4n) is 3.39. The number of benzene rings is 1. The molecule has 0 atom stereocenters. The normalized spacial score (nSPS) is 12.2. The molecule has 0 unspecified atom stereocenters. The Morgan fingerprint density at radius 1 is 1.18 bits per heavy atom. The van der Waals surface area contributed by atoms with Crippen molar-refractivity contribution in [2.45, 2.75) is 32.5 Å². The van der Waals surface area contributed by atoms with Gasteiger partial charge in [-0.2, -0.15) is 0 Å². The summed E-state index contributed by atoms with van der Waals surface area (Å²) in [5.41, 5.74) is 1.04. The molecule has 1 aliphatic heterocycles. The Morgan fingerprint density at radius 3 is 2.70 bits per heavy atom. The number of fused-ring (bicyclic) bond motifs is 2. The topological polar surface area (TPSA) is 106 Å². The van der Waals surface area contributed by atoms with Crippen LogP contribution in [0.1, 0.15) is 34.6 Å². The number of aromatic nitrogens is 2. The van der Waals surface area contributed by atoms with Crippen LogP contribution in [0.5, 0.6) is 11.5 Å². The summed E-state index contributed by atoms with van der Waals surface area (Å²) in [6, 6.07) is 5.44. The predicted octanol–water partition coefficient (Wildman–Crippen LogP) is 3.38. The second-order valence-electron chi connectivity index (χ2n) is 7.02. The van der Waals surface area contributed by atoms with E-state index in [9.17, 15) is 14.4 Å². The Hall–Kier alpha value is -3.05. The molecule has 0 radical (unpaired) electrons. The van der Waals surface area contributed by atoms with Crippen molar-refractivity contribution in [1.29, 1.82) is 0 Å². The molecule has 0 bridgehead atoms. The lowest BCUT2D eigenvalue weighted by Gasteiger charge is -2.12. The fourth-order valence-corrected chi connectivity index (χ4v) is 5.30.